The molecule has 0 saturated heterocycles. The van der Waals surface area contributed by atoms with Gasteiger partial charge in [0.05, 0.1) is 6.61 Å². The van der Waals surface area contributed by atoms with Crippen LogP contribution in [-0.4, -0.2) is 76.5 Å². The van der Waals surface area contributed by atoms with E-state index in [4.69, 9.17) is 4.74 Å². The summed E-state index contributed by atoms with van der Waals surface area (Å²) in [6, 6.07) is 1.32. The standard InChI is InChI=1S/C21H46N2O4SSi2/c1-8-28-14-10-18(23-20(25)11-15-29(2,3)4)17-22-19(9-12-24)21(26)27-13-16-30(5,6)7/h18-19,22,24H,8-17H2,1-7H3,(H,23,25)/t18-,19+/m0/s1. The number of aliphatic hydroxyl groups excluding tert-OH is 1. The van der Waals surface area contributed by atoms with E-state index in [2.05, 4.69) is 56.8 Å². The lowest BCUT2D eigenvalue weighted by molar-refractivity contribution is -0.146. The first kappa shape index (κ1) is 29.6. The van der Waals surface area contributed by atoms with Crippen molar-refractivity contribution in [3.8, 4) is 0 Å². The van der Waals surface area contributed by atoms with Gasteiger partial charge in [0.2, 0.25) is 5.91 Å². The van der Waals surface area contributed by atoms with Gasteiger partial charge in [0, 0.05) is 41.8 Å². The van der Waals surface area contributed by atoms with Gasteiger partial charge in [-0.25, -0.2) is 0 Å². The lowest BCUT2D eigenvalue weighted by Gasteiger charge is -2.24. The normalized spacial score (nSPS) is 14.3. The fourth-order valence-corrected chi connectivity index (χ4v) is 5.09. The Morgan fingerprint density at radius 2 is 1.67 bits per heavy atom. The second-order valence-electron chi connectivity index (χ2n) is 10.3. The Kier molecular flexibility index (Phi) is 15.3. The van der Waals surface area contributed by atoms with E-state index in [1.807, 2.05) is 11.8 Å². The Balaban J connectivity index is 4.73. The molecule has 0 unspecified atom stereocenters. The highest BCUT2D eigenvalue weighted by atomic mass is 32.2. The van der Waals surface area contributed by atoms with Crippen molar-refractivity contribution < 1.29 is 19.4 Å². The van der Waals surface area contributed by atoms with Crippen molar-refractivity contribution >= 4 is 39.8 Å². The number of thioether (sulfide) groups is 1. The van der Waals surface area contributed by atoms with Gasteiger partial charge in [-0.1, -0.05) is 46.2 Å². The van der Waals surface area contributed by atoms with Gasteiger partial charge in [0.15, 0.2) is 0 Å². The summed E-state index contributed by atoms with van der Waals surface area (Å²) in [5, 5.41) is 15.7. The summed E-state index contributed by atoms with van der Waals surface area (Å²) < 4.78 is 5.46. The van der Waals surface area contributed by atoms with Crippen LogP contribution in [0.25, 0.3) is 0 Å². The summed E-state index contributed by atoms with van der Waals surface area (Å²) >= 11 is 1.85. The molecule has 0 fully saturated rings. The fourth-order valence-electron chi connectivity index (χ4n) is 2.66. The summed E-state index contributed by atoms with van der Waals surface area (Å²) in [5.41, 5.74) is 0. The lowest BCUT2D eigenvalue weighted by Crippen LogP contribution is -2.48. The zero-order valence-corrected chi connectivity index (χ0v) is 23.1. The Morgan fingerprint density at radius 3 is 2.20 bits per heavy atom. The largest absolute Gasteiger partial charge is 0.465 e. The minimum atomic E-state index is -1.27. The number of hydrogen-bond acceptors (Lipinski definition) is 6. The van der Waals surface area contributed by atoms with Crippen molar-refractivity contribution in [3.63, 3.8) is 0 Å². The molecule has 2 atom stereocenters. The molecule has 0 rings (SSSR count). The molecule has 178 valence electrons. The van der Waals surface area contributed by atoms with Crippen molar-refractivity contribution in [2.45, 2.75) is 89.6 Å². The van der Waals surface area contributed by atoms with E-state index in [0.29, 0.717) is 26.0 Å². The number of nitrogens with one attached hydrogen (secondary N) is 2. The average molecular weight is 479 g/mol. The molecule has 0 aromatic rings. The van der Waals surface area contributed by atoms with Crippen LogP contribution in [0.4, 0.5) is 0 Å². The van der Waals surface area contributed by atoms with Gasteiger partial charge in [0.25, 0.3) is 0 Å². The highest BCUT2D eigenvalue weighted by Gasteiger charge is 2.23. The van der Waals surface area contributed by atoms with Gasteiger partial charge < -0.3 is 20.5 Å². The predicted octanol–water partition coefficient (Wildman–Crippen LogP) is 3.56. The molecule has 0 aromatic heterocycles. The summed E-state index contributed by atoms with van der Waals surface area (Å²) in [7, 11) is -2.52. The van der Waals surface area contributed by atoms with Gasteiger partial charge in [0.1, 0.15) is 6.04 Å². The molecule has 0 radical (unpaired) electrons. The Labute approximate surface area is 190 Å². The molecule has 30 heavy (non-hydrogen) atoms. The van der Waals surface area contributed by atoms with Crippen LogP contribution >= 0.6 is 11.8 Å². The molecule has 0 bridgehead atoms. The lowest BCUT2D eigenvalue weighted by atomic mass is 10.1. The van der Waals surface area contributed by atoms with Gasteiger partial charge in [-0.15, -0.1) is 0 Å². The molecular weight excluding hydrogens is 432 g/mol. The maximum atomic E-state index is 12.5. The third-order valence-corrected chi connectivity index (χ3v) is 9.08. The van der Waals surface area contributed by atoms with E-state index in [-0.39, 0.29) is 24.5 Å². The number of esters is 1. The molecular formula is C21H46N2O4SSi2. The highest BCUT2D eigenvalue weighted by molar-refractivity contribution is 7.99. The smallest absolute Gasteiger partial charge is 0.323 e. The van der Waals surface area contributed by atoms with Crippen molar-refractivity contribution in [3.05, 3.63) is 0 Å². The summed E-state index contributed by atoms with van der Waals surface area (Å²) in [6.07, 6.45) is 1.72. The molecule has 0 heterocycles. The van der Waals surface area contributed by atoms with Crippen LogP contribution in [0, 0.1) is 0 Å². The number of amides is 1. The first-order chi connectivity index (χ1) is 13.9. The number of rotatable bonds is 17. The second-order valence-corrected chi connectivity index (χ2v) is 22.9. The second kappa shape index (κ2) is 15.4. The maximum Gasteiger partial charge on any atom is 0.323 e. The SMILES string of the molecule is CCSCC[C@@H](CN[C@H](CCO)C(=O)OCC[Si](C)(C)C)NC(=O)CC[Si](C)(C)C. The van der Waals surface area contributed by atoms with Crippen LogP contribution in [0.2, 0.25) is 51.4 Å². The fraction of sp³-hybridized carbons (Fsp3) is 0.905. The molecule has 3 N–H and O–H groups in total. The Morgan fingerprint density at radius 1 is 1.03 bits per heavy atom. The van der Waals surface area contributed by atoms with Gasteiger partial charge in [-0.3, -0.25) is 9.59 Å². The number of ether oxygens (including phenoxy) is 1. The quantitative estimate of drug-likeness (QED) is 0.168. The molecule has 0 aromatic carbocycles. The van der Waals surface area contributed by atoms with E-state index in [0.717, 1.165) is 30.0 Å². The topological polar surface area (TPSA) is 87.7 Å². The van der Waals surface area contributed by atoms with Crippen molar-refractivity contribution in [2.24, 2.45) is 0 Å². The van der Waals surface area contributed by atoms with E-state index in [1.54, 1.807) is 0 Å². The van der Waals surface area contributed by atoms with Gasteiger partial charge in [-0.05, 0) is 36.4 Å². The van der Waals surface area contributed by atoms with Crippen molar-refractivity contribution in [2.75, 3.05) is 31.3 Å². The highest BCUT2D eigenvalue weighted by Crippen LogP contribution is 2.12. The molecule has 0 aliphatic rings. The van der Waals surface area contributed by atoms with Crippen LogP contribution in [0.1, 0.15) is 26.2 Å². The zero-order chi connectivity index (χ0) is 23.2. The molecule has 0 spiro atoms. The van der Waals surface area contributed by atoms with E-state index < -0.39 is 22.2 Å². The molecule has 6 nitrogen and oxygen atoms in total. The number of carbonyl (C=O) groups is 2. The van der Waals surface area contributed by atoms with E-state index in [9.17, 15) is 14.7 Å². The predicted molar refractivity (Wildman–Crippen MR) is 135 cm³/mol. The third kappa shape index (κ3) is 17.3. The summed E-state index contributed by atoms with van der Waals surface area (Å²) in [5.74, 6) is 1.78. The van der Waals surface area contributed by atoms with Crippen molar-refractivity contribution in [1.82, 2.24) is 10.6 Å². The van der Waals surface area contributed by atoms with Crippen LogP contribution in [-0.2, 0) is 14.3 Å². The summed E-state index contributed by atoms with van der Waals surface area (Å²) in [4.78, 5) is 24.9. The first-order valence-electron chi connectivity index (χ1n) is 11.3. The van der Waals surface area contributed by atoms with E-state index in [1.165, 1.54) is 0 Å². The molecule has 1 amide bonds. The third-order valence-electron chi connectivity index (χ3n) is 4.69. The number of carbonyl (C=O) groups excluding carboxylic acids is 2. The molecule has 9 heteroatoms. The monoisotopic (exact) mass is 478 g/mol. The summed E-state index contributed by atoms with van der Waals surface area (Å²) in [6.45, 7) is 16.5. The molecule has 0 saturated carbocycles. The number of aliphatic hydroxyl groups is 1. The van der Waals surface area contributed by atoms with Crippen LogP contribution in [0.3, 0.4) is 0 Å². The first-order valence-corrected chi connectivity index (χ1v) is 19.8. The van der Waals surface area contributed by atoms with Crippen LogP contribution in [0.15, 0.2) is 0 Å². The van der Waals surface area contributed by atoms with E-state index >= 15 is 0 Å². The number of hydrogen-bond donors (Lipinski definition) is 3. The van der Waals surface area contributed by atoms with Crippen LogP contribution < -0.4 is 10.6 Å². The average Bonchev–Trinajstić information content (AvgIpc) is 2.61. The molecule has 0 aliphatic heterocycles. The molecule has 0 aliphatic carbocycles. The maximum absolute atomic E-state index is 12.5. The Hall–Kier alpha value is -0.356. The van der Waals surface area contributed by atoms with Crippen LogP contribution in [0.5, 0.6) is 0 Å². The van der Waals surface area contributed by atoms with Gasteiger partial charge >= 0.3 is 5.97 Å². The van der Waals surface area contributed by atoms with Crippen molar-refractivity contribution in [1.29, 1.82) is 0 Å². The minimum absolute atomic E-state index is 0.0332. The minimum Gasteiger partial charge on any atom is -0.465 e. The zero-order valence-electron chi connectivity index (χ0n) is 20.3. The van der Waals surface area contributed by atoms with Gasteiger partial charge in [-0.2, -0.15) is 11.8 Å². The Bertz CT molecular complexity index is 496.